The van der Waals surface area contributed by atoms with Crippen LogP contribution in [0, 0.1) is 13.8 Å². The molecule has 1 amide bonds. The van der Waals surface area contributed by atoms with Gasteiger partial charge in [-0.15, -0.1) is 0 Å². The van der Waals surface area contributed by atoms with Gasteiger partial charge in [-0.3, -0.25) is 9.59 Å². The number of nitrogens with one attached hydrogen (secondary N) is 2. The van der Waals surface area contributed by atoms with E-state index in [1.807, 2.05) is 32.0 Å². The highest BCUT2D eigenvalue weighted by Gasteiger charge is 2.21. The molecule has 25 heavy (non-hydrogen) atoms. The maximum atomic E-state index is 12.9. The van der Waals surface area contributed by atoms with Crippen molar-refractivity contribution in [3.8, 4) is 0 Å². The molecule has 1 unspecified atom stereocenters. The molecule has 1 atom stereocenters. The fraction of sp³-hybridized carbons (Fsp3) is 0.333. The highest BCUT2D eigenvalue weighted by molar-refractivity contribution is 6.15. The Labute approximate surface area is 148 Å². The largest absolute Gasteiger partial charge is 0.348 e. The van der Waals surface area contributed by atoms with Gasteiger partial charge in [0.2, 0.25) is 0 Å². The summed E-state index contributed by atoms with van der Waals surface area (Å²) in [4.78, 5) is 25.6. The van der Waals surface area contributed by atoms with Gasteiger partial charge in [0, 0.05) is 23.7 Å². The number of aryl methyl sites for hydroxylation is 2. The maximum Gasteiger partial charge on any atom is 0.252 e. The predicted molar refractivity (Wildman–Crippen MR) is 99.1 cm³/mol. The summed E-state index contributed by atoms with van der Waals surface area (Å²) in [5.41, 5.74) is 3.72. The van der Waals surface area contributed by atoms with Crippen LogP contribution in [0.15, 0.2) is 42.5 Å². The molecule has 130 valence electrons. The van der Waals surface area contributed by atoms with Gasteiger partial charge in [-0.2, -0.15) is 0 Å². The molecule has 0 bridgehead atoms. The molecule has 0 saturated carbocycles. The highest BCUT2D eigenvalue weighted by atomic mass is 16.2. The van der Waals surface area contributed by atoms with Crippen LogP contribution in [-0.2, 0) is 0 Å². The second-order valence-electron chi connectivity index (χ2n) is 6.69. The first-order valence-electron chi connectivity index (χ1n) is 8.79. The molecular formula is C21H24N2O2. The lowest BCUT2D eigenvalue weighted by Crippen LogP contribution is -2.45. The number of carbonyl (C=O) groups is 2. The minimum absolute atomic E-state index is 0.115. The zero-order chi connectivity index (χ0) is 17.8. The molecule has 0 aliphatic carbocycles. The van der Waals surface area contributed by atoms with Crippen LogP contribution < -0.4 is 10.6 Å². The summed E-state index contributed by atoms with van der Waals surface area (Å²) < 4.78 is 0. The van der Waals surface area contributed by atoms with Crippen LogP contribution >= 0.6 is 0 Å². The number of benzene rings is 2. The Morgan fingerprint density at radius 1 is 1.04 bits per heavy atom. The van der Waals surface area contributed by atoms with Crippen molar-refractivity contribution in [3.05, 3.63) is 70.3 Å². The molecule has 4 heteroatoms. The number of hydrogen-bond acceptors (Lipinski definition) is 3. The predicted octanol–water partition coefficient (Wildman–Crippen LogP) is 3.02. The number of ketones is 1. The first kappa shape index (κ1) is 17.4. The van der Waals surface area contributed by atoms with Gasteiger partial charge in [-0.25, -0.2) is 0 Å². The van der Waals surface area contributed by atoms with Crippen molar-refractivity contribution in [2.24, 2.45) is 0 Å². The molecule has 3 rings (SSSR count). The number of piperidine rings is 1. The van der Waals surface area contributed by atoms with E-state index in [1.54, 1.807) is 24.3 Å². The molecule has 1 aliphatic heterocycles. The molecule has 1 heterocycles. The maximum absolute atomic E-state index is 12.9. The SMILES string of the molecule is Cc1ccc(C(=O)c2ccccc2C(=O)NC2CCCNC2)cc1C. The van der Waals surface area contributed by atoms with E-state index < -0.39 is 0 Å². The summed E-state index contributed by atoms with van der Waals surface area (Å²) in [5.74, 6) is -0.294. The van der Waals surface area contributed by atoms with Crippen molar-refractivity contribution in [2.45, 2.75) is 32.7 Å². The topological polar surface area (TPSA) is 58.2 Å². The van der Waals surface area contributed by atoms with Crippen LogP contribution in [0.5, 0.6) is 0 Å². The summed E-state index contributed by atoms with van der Waals surface area (Å²) in [5, 5.41) is 6.33. The third-order valence-corrected chi connectivity index (χ3v) is 4.82. The Balaban J connectivity index is 1.85. The fourth-order valence-corrected chi connectivity index (χ4v) is 3.16. The average molecular weight is 336 g/mol. The number of rotatable bonds is 4. The van der Waals surface area contributed by atoms with E-state index in [0.29, 0.717) is 16.7 Å². The molecular weight excluding hydrogens is 312 g/mol. The summed E-state index contributed by atoms with van der Waals surface area (Å²) in [6.07, 6.45) is 2.01. The van der Waals surface area contributed by atoms with Gasteiger partial charge in [-0.05, 0) is 56.5 Å². The molecule has 1 aliphatic rings. The Morgan fingerprint density at radius 3 is 2.48 bits per heavy atom. The summed E-state index contributed by atoms with van der Waals surface area (Å²) in [6, 6.07) is 12.8. The van der Waals surface area contributed by atoms with E-state index in [2.05, 4.69) is 10.6 Å². The quantitative estimate of drug-likeness (QED) is 0.844. The Hall–Kier alpha value is -2.46. The van der Waals surface area contributed by atoms with Crippen molar-refractivity contribution >= 4 is 11.7 Å². The van der Waals surface area contributed by atoms with Crippen LogP contribution in [0.4, 0.5) is 0 Å². The van der Waals surface area contributed by atoms with Gasteiger partial charge < -0.3 is 10.6 Å². The molecule has 0 spiro atoms. The third kappa shape index (κ3) is 3.97. The van der Waals surface area contributed by atoms with Crippen molar-refractivity contribution in [2.75, 3.05) is 13.1 Å². The summed E-state index contributed by atoms with van der Waals surface area (Å²) >= 11 is 0. The molecule has 4 nitrogen and oxygen atoms in total. The third-order valence-electron chi connectivity index (χ3n) is 4.82. The zero-order valence-corrected chi connectivity index (χ0v) is 14.8. The van der Waals surface area contributed by atoms with Crippen LogP contribution in [0.25, 0.3) is 0 Å². The second-order valence-corrected chi connectivity index (χ2v) is 6.69. The first-order valence-corrected chi connectivity index (χ1v) is 8.79. The van der Waals surface area contributed by atoms with Gasteiger partial charge in [0.15, 0.2) is 5.78 Å². The average Bonchev–Trinajstić information content (AvgIpc) is 2.64. The smallest absolute Gasteiger partial charge is 0.252 e. The van der Waals surface area contributed by atoms with Crippen molar-refractivity contribution < 1.29 is 9.59 Å². The normalized spacial score (nSPS) is 17.1. The van der Waals surface area contributed by atoms with E-state index in [1.165, 1.54) is 0 Å². The van der Waals surface area contributed by atoms with E-state index >= 15 is 0 Å². The lowest BCUT2D eigenvalue weighted by molar-refractivity contribution is 0.0921. The van der Waals surface area contributed by atoms with E-state index in [9.17, 15) is 9.59 Å². The summed E-state index contributed by atoms with van der Waals surface area (Å²) in [7, 11) is 0. The van der Waals surface area contributed by atoms with Crippen LogP contribution in [0.3, 0.4) is 0 Å². The van der Waals surface area contributed by atoms with Crippen molar-refractivity contribution in [1.29, 1.82) is 0 Å². The van der Waals surface area contributed by atoms with Crippen molar-refractivity contribution in [1.82, 2.24) is 10.6 Å². The van der Waals surface area contributed by atoms with E-state index in [4.69, 9.17) is 0 Å². The second kappa shape index (κ2) is 7.62. The number of hydrogen-bond donors (Lipinski definition) is 2. The fourth-order valence-electron chi connectivity index (χ4n) is 3.16. The molecule has 1 saturated heterocycles. The minimum Gasteiger partial charge on any atom is -0.348 e. The molecule has 0 radical (unpaired) electrons. The molecule has 0 aromatic heterocycles. The Bertz CT molecular complexity index is 792. The minimum atomic E-state index is -0.179. The van der Waals surface area contributed by atoms with E-state index in [-0.39, 0.29) is 17.7 Å². The standard InChI is InChI=1S/C21H24N2O2/c1-14-9-10-16(12-15(14)2)20(24)18-7-3-4-8-19(18)21(25)23-17-6-5-11-22-13-17/h3-4,7-10,12,17,22H,5-6,11,13H2,1-2H3,(H,23,25). The summed E-state index contributed by atoms with van der Waals surface area (Å²) in [6.45, 7) is 5.78. The lowest BCUT2D eigenvalue weighted by Gasteiger charge is -2.24. The Kier molecular flexibility index (Phi) is 5.29. The number of amides is 1. The monoisotopic (exact) mass is 336 g/mol. The van der Waals surface area contributed by atoms with Gasteiger partial charge in [0.25, 0.3) is 5.91 Å². The van der Waals surface area contributed by atoms with Crippen LogP contribution in [0.1, 0.15) is 50.2 Å². The van der Waals surface area contributed by atoms with Gasteiger partial charge in [-0.1, -0.05) is 30.3 Å². The lowest BCUT2D eigenvalue weighted by atomic mass is 9.95. The van der Waals surface area contributed by atoms with Crippen molar-refractivity contribution in [3.63, 3.8) is 0 Å². The van der Waals surface area contributed by atoms with Gasteiger partial charge >= 0.3 is 0 Å². The zero-order valence-electron chi connectivity index (χ0n) is 14.8. The van der Waals surface area contributed by atoms with E-state index in [0.717, 1.165) is 37.1 Å². The molecule has 2 aromatic carbocycles. The molecule has 2 aromatic rings. The van der Waals surface area contributed by atoms with Gasteiger partial charge in [0.05, 0.1) is 5.56 Å². The highest BCUT2D eigenvalue weighted by Crippen LogP contribution is 2.18. The van der Waals surface area contributed by atoms with Gasteiger partial charge in [0.1, 0.15) is 0 Å². The van der Waals surface area contributed by atoms with Crippen LogP contribution in [-0.4, -0.2) is 30.8 Å². The first-order chi connectivity index (χ1) is 12.1. The Morgan fingerprint density at radius 2 is 1.80 bits per heavy atom. The number of carbonyl (C=O) groups excluding carboxylic acids is 2. The molecule has 1 fully saturated rings. The molecule has 2 N–H and O–H groups in total. The van der Waals surface area contributed by atoms with Crippen LogP contribution in [0.2, 0.25) is 0 Å².